The van der Waals surface area contributed by atoms with Crippen molar-refractivity contribution in [1.82, 2.24) is 4.98 Å². The number of ether oxygens (including phenoxy) is 1. The average molecular weight is 306 g/mol. The van der Waals surface area contributed by atoms with Crippen molar-refractivity contribution in [3.8, 4) is 5.75 Å². The molecule has 4 nitrogen and oxygen atoms in total. The van der Waals surface area contributed by atoms with Crippen LogP contribution in [0, 0.1) is 12.3 Å². The molecule has 0 aliphatic rings. The Morgan fingerprint density at radius 1 is 1.37 bits per heavy atom. The van der Waals surface area contributed by atoms with Gasteiger partial charge in [-0.15, -0.1) is 0 Å². The molecule has 19 heavy (non-hydrogen) atoms. The fourth-order valence-electron chi connectivity index (χ4n) is 1.92. The van der Waals surface area contributed by atoms with Crippen LogP contribution < -0.4 is 4.74 Å². The van der Waals surface area contributed by atoms with Crippen molar-refractivity contribution in [2.75, 3.05) is 12.4 Å². The highest BCUT2D eigenvalue weighted by molar-refractivity contribution is 8.13. The van der Waals surface area contributed by atoms with Crippen LogP contribution in [-0.2, 0) is 9.05 Å². The van der Waals surface area contributed by atoms with Gasteiger partial charge in [0.05, 0.1) is 18.1 Å². The Balaban J connectivity index is 2.83. The molecule has 0 radical (unpaired) electrons. The zero-order valence-electron chi connectivity index (χ0n) is 11.5. The zero-order valence-corrected chi connectivity index (χ0v) is 13.1. The minimum Gasteiger partial charge on any atom is -0.491 e. The van der Waals surface area contributed by atoms with Crippen molar-refractivity contribution in [2.45, 2.75) is 33.6 Å². The molecule has 6 heteroatoms. The average Bonchev–Trinajstić information content (AvgIpc) is 2.35. The lowest BCUT2D eigenvalue weighted by Crippen LogP contribution is -2.33. The van der Waals surface area contributed by atoms with Crippen LogP contribution in [0.1, 0.15) is 32.4 Å². The predicted octanol–water partition coefficient (Wildman–Crippen LogP) is 3.14. The lowest BCUT2D eigenvalue weighted by molar-refractivity contribution is 0.153. The summed E-state index contributed by atoms with van der Waals surface area (Å²) in [6, 6.07) is 3.62. The number of hydrogen-bond donors (Lipinski definition) is 0. The highest BCUT2D eigenvalue weighted by atomic mass is 35.7. The fraction of sp³-hybridized carbons (Fsp3) is 0.615. The van der Waals surface area contributed by atoms with Crippen LogP contribution in [0.25, 0.3) is 0 Å². The third-order valence-corrected chi connectivity index (χ3v) is 4.76. The van der Waals surface area contributed by atoms with E-state index in [0.29, 0.717) is 25.2 Å². The summed E-state index contributed by atoms with van der Waals surface area (Å²) in [5.74, 6) is 0.606. The Labute approximate surface area is 119 Å². The molecule has 0 N–H and O–H groups in total. The Morgan fingerprint density at radius 3 is 2.47 bits per heavy atom. The molecule has 1 rings (SSSR count). The fourth-order valence-corrected chi connectivity index (χ4v) is 3.84. The van der Waals surface area contributed by atoms with Crippen molar-refractivity contribution in [3.05, 3.63) is 24.0 Å². The summed E-state index contributed by atoms with van der Waals surface area (Å²) < 4.78 is 28.4. The topological polar surface area (TPSA) is 56.3 Å². The van der Waals surface area contributed by atoms with Gasteiger partial charge in [-0.05, 0) is 31.9 Å². The van der Waals surface area contributed by atoms with Gasteiger partial charge in [0.25, 0.3) is 0 Å². The second kappa shape index (κ2) is 6.57. The largest absolute Gasteiger partial charge is 0.491 e. The van der Waals surface area contributed by atoms with E-state index < -0.39 is 14.5 Å². The van der Waals surface area contributed by atoms with Gasteiger partial charge in [0.2, 0.25) is 9.05 Å². The third-order valence-electron chi connectivity index (χ3n) is 3.47. The molecule has 0 bridgehead atoms. The minimum absolute atomic E-state index is 0.0755. The molecule has 0 aliphatic carbocycles. The number of aromatic nitrogens is 1. The summed E-state index contributed by atoms with van der Waals surface area (Å²) >= 11 is 0. The molecule has 0 saturated heterocycles. The molecule has 0 fully saturated rings. The van der Waals surface area contributed by atoms with E-state index in [1.807, 2.05) is 26.8 Å². The maximum atomic E-state index is 11.3. The van der Waals surface area contributed by atoms with Gasteiger partial charge < -0.3 is 4.74 Å². The molecule has 108 valence electrons. The minimum atomic E-state index is -3.54. The summed E-state index contributed by atoms with van der Waals surface area (Å²) in [6.07, 6.45) is 3.07. The molecule has 1 aromatic rings. The number of pyridine rings is 1. The summed E-state index contributed by atoms with van der Waals surface area (Å²) in [5, 5.41) is 0. The van der Waals surface area contributed by atoms with Crippen LogP contribution in [0.3, 0.4) is 0 Å². The van der Waals surface area contributed by atoms with Gasteiger partial charge in [0, 0.05) is 22.3 Å². The van der Waals surface area contributed by atoms with Crippen LogP contribution in [-0.4, -0.2) is 25.8 Å². The van der Waals surface area contributed by atoms with Gasteiger partial charge in [0.15, 0.2) is 0 Å². The Bertz CT molecular complexity index is 512. The van der Waals surface area contributed by atoms with E-state index in [4.69, 9.17) is 15.4 Å². The maximum Gasteiger partial charge on any atom is 0.233 e. The number of nitrogens with zero attached hydrogens (tertiary/aromatic N) is 1. The highest BCUT2D eigenvalue weighted by Crippen LogP contribution is 2.31. The van der Waals surface area contributed by atoms with Crippen molar-refractivity contribution < 1.29 is 13.2 Å². The second-order valence-electron chi connectivity index (χ2n) is 4.77. The van der Waals surface area contributed by atoms with Gasteiger partial charge in [0.1, 0.15) is 5.75 Å². The maximum absolute atomic E-state index is 11.3. The van der Waals surface area contributed by atoms with Crippen molar-refractivity contribution in [3.63, 3.8) is 0 Å². The van der Waals surface area contributed by atoms with E-state index in [0.717, 1.165) is 5.69 Å². The first kappa shape index (κ1) is 16.2. The monoisotopic (exact) mass is 305 g/mol. The van der Waals surface area contributed by atoms with Crippen LogP contribution in [0.5, 0.6) is 5.75 Å². The van der Waals surface area contributed by atoms with Gasteiger partial charge in [-0.3, -0.25) is 4.98 Å². The van der Waals surface area contributed by atoms with E-state index in [1.165, 1.54) is 0 Å². The Morgan fingerprint density at radius 2 is 2.00 bits per heavy atom. The molecule has 1 heterocycles. The molecule has 0 unspecified atom stereocenters. The first-order valence-corrected chi connectivity index (χ1v) is 8.76. The third kappa shape index (κ3) is 4.99. The summed E-state index contributed by atoms with van der Waals surface area (Å²) in [4.78, 5) is 4.14. The first-order chi connectivity index (χ1) is 8.82. The Hall–Kier alpha value is -0.810. The SMILES string of the molecule is CCC(CC)(COc1cccnc1C)CS(=O)(=O)Cl. The number of aryl methyl sites for hydroxylation is 1. The molecule has 0 saturated carbocycles. The van der Waals surface area contributed by atoms with Crippen molar-refractivity contribution in [1.29, 1.82) is 0 Å². The van der Waals surface area contributed by atoms with E-state index in [1.54, 1.807) is 12.3 Å². The van der Waals surface area contributed by atoms with Crippen molar-refractivity contribution >= 4 is 19.7 Å². The number of rotatable bonds is 7. The smallest absolute Gasteiger partial charge is 0.233 e. The number of hydrogen-bond acceptors (Lipinski definition) is 4. The normalized spacial score (nSPS) is 12.4. The van der Waals surface area contributed by atoms with E-state index in [2.05, 4.69) is 4.98 Å². The van der Waals surface area contributed by atoms with Crippen LogP contribution >= 0.6 is 10.7 Å². The quantitative estimate of drug-likeness (QED) is 0.726. The molecule has 1 aromatic heterocycles. The molecule has 0 atom stereocenters. The summed E-state index contributed by atoms with van der Waals surface area (Å²) in [5.41, 5.74) is 0.334. The molecule has 0 aromatic carbocycles. The lowest BCUT2D eigenvalue weighted by Gasteiger charge is -2.30. The number of halogens is 1. The van der Waals surface area contributed by atoms with E-state index >= 15 is 0 Å². The first-order valence-electron chi connectivity index (χ1n) is 6.28. The van der Waals surface area contributed by atoms with Gasteiger partial charge in [-0.2, -0.15) is 0 Å². The highest BCUT2D eigenvalue weighted by Gasteiger charge is 2.32. The summed E-state index contributed by atoms with van der Waals surface area (Å²) in [6.45, 7) is 6.07. The molecule has 0 amide bonds. The van der Waals surface area contributed by atoms with E-state index in [-0.39, 0.29) is 5.75 Å². The van der Waals surface area contributed by atoms with Crippen LogP contribution in [0.15, 0.2) is 18.3 Å². The molecule has 0 spiro atoms. The standard InChI is InChI=1S/C13H20ClNO3S/c1-4-13(5-2,10-19(14,16)17)9-18-12-7-6-8-15-11(12)3/h6-8H,4-5,9-10H2,1-3H3. The Kier molecular flexibility index (Phi) is 5.62. The lowest BCUT2D eigenvalue weighted by atomic mass is 9.85. The molecular weight excluding hydrogens is 286 g/mol. The van der Waals surface area contributed by atoms with Gasteiger partial charge in [-0.25, -0.2) is 8.42 Å². The summed E-state index contributed by atoms with van der Waals surface area (Å²) in [7, 11) is 1.85. The predicted molar refractivity (Wildman–Crippen MR) is 77.1 cm³/mol. The second-order valence-corrected chi connectivity index (χ2v) is 7.54. The molecule has 0 aliphatic heterocycles. The molecular formula is C13H20ClNO3S. The van der Waals surface area contributed by atoms with Gasteiger partial charge in [-0.1, -0.05) is 13.8 Å². The van der Waals surface area contributed by atoms with Gasteiger partial charge >= 0.3 is 0 Å². The van der Waals surface area contributed by atoms with Crippen LogP contribution in [0.2, 0.25) is 0 Å². The van der Waals surface area contributed by atoms with Crippen LogP contribution in [0.4, 0.5) is 0 Å². The van der Waals surface area contributed by atoms with E-state index in [9.17, 15) is 8.42 Å². The van der Waals surface area contributed by atoms with Crippen molar-refractivity contribution in [2.24, 2.45) is 5.41 Å². The zero-order chi connectivity index (χ0) is 14.5.